The van der Waals surface area contributed by atoms with E-state index in [1.165, 1.54) is 44.9 Å². The molecule has 3 N–H and O–H groups in total. The highest BCUT2D eigenvalue weighted by molar-refractivity contribution is 5.74. The minimum absolute atomic E-state index is 0.0120. The number of rotatable bonds is 5. The summed E-state index contributed by atoms with van der Waals surface area (Å²) in [6, 6.07) is 2.08. The number of anilines is 1. The topological polar surface area (TPSA) is 97.4 Å². The Morgan fingerprint density at radius 1 is 0.900 bits per heavy atom. The molecule has 0 unspecified atom stereocenters. The zero-order chi connectivity index (χ0) is 20.3. The van der Waals surface area contributed by atoms with Crippen molar-refractivity contribution in [1.29, 1.82) is 0 Å². The molecule has 0 radical (unpaired) electrons. The minimum Gasteiger partial charge on any atom is -0.371 e. The van der Waals surface area contributed by atoms with Crippen LogP contribution in [0.3, 0.4) is 0 Å². The summed E-state index contributed by atoms with van der Waals surface area (Å²) >= 11 is 0. The first-order chi connectivity index (χ1) is 14.8. The Kier molecular flexibility index (Phi) is 6.04. The van der Waals surface area contributed by atoms with E-state index in [-0.39, 0.29) is 30.3 Å². The number of carbonyl (C=O) groups is 1. The summed E-state index contributed by atoms with van der Waals surface area (Å²) in [7, 11) is 0. The van der Waals surface area contributed by atoms with E-state index in [2.05, 4.69) is 20.9 Å². The molecule has 0 aromatic carbocycles. The first kappa shape index (κ1) is 20.0. The van der Waals surface area contributed by atoms with Crippen LogP contribution in [-0.4, -0.2) is 59.5 Å². The van der Waals surface area contributed by atoms with Gasteiger partial charge in [0, 0.05) is 23.9 Å². The molecule has 1 aromatic heterocycles. The maximum atomic E-state index is 12.4. The third-order valence-electron chi connectivity index (χ3n) is 7.08. The number of hydrogen-bond donors (Lipinski definition) is 3. The third kappa shape index (κ3) is 4.39. The summed E-state index contributed by atoms with van der Waals surface area (Å²) < 4.78 is 12.0. The van der Waals surface area contributed by atoms with Crippen LogP contribution in [0.25, 0.3) is 0 Å². The van der Waals surface area contributed by atoms with E-state index in [1.54, 1.807) is 0 Å². The van der Waals surface area contributed by atoms with Gasteiger partial charge in [-0.1, -0.05) is 32.1 Å². The second-order valence-corrected chi connectivity index (χ2v) is 9.19. The zero-order valence-corrected chi connectivity index (χ0v) is 17.5. The van der Waals surface area contributed by atoms with E-state index in [0.29, 0.717) is 31.1 Å². The van der Waals surface area contributed by atoms with Crippen LogP contribution in [0.4, 0.5) is 10.7 Å². The predicted molar refractivity (Wildman–Crippen MR) is 112 cm³/mol. The standard InChI is InChI=1S/C22H33N5O3/c28-22(24-15-8-2-1-3-9-15)27-18-13-30-19-17(12-29-20(18)19)26-21-23-11-10-16(25-21)14-6-4-5-7-14/h10-11,14-15,17-20H,1-9,12-13H2,(H,23,25,26)(H2,24,27,28)/t17-,18+,19-,20+/m1/s1. The SMILES string of the molecule is O=C(NC1CCCCC1)N[C@H]1CO[C@H]2[C@H]1OC[C@H]2Nc1nccc(C2CCCC2)n1. The smallest absolute Gasteiger partial charge is 0.315 e. The molecule has 3 heterocycles. The minimum atomic E-state index is -0.141. The lowest BCUT2D eigenvalue weighted by molar-refractivity contribution is 0.0681. The third-order valence-corrected chi connectivity index (χ3v) is 7.08. The Morgan fingerprint density at radius 2 is 1.60 bits per heavy atom. The Hall–Kier alpha value is -1.93. The average molecular weight is 416 g/mol. The van der Waals surface area contributed by atoms with Crippen LogP contribution in [0.5, 0.6) is 0 Å². The summed E-state index contributed by atoms with van der Waals surface area (Å²) in [4.78, 5) is 21.6. The fraction of sp³-hybridized carbons (Fsp3) is 0.773. The van der Waals surface area contributed by atoms with Gasteiger partial charge in [-0.2, -0.15) is 0 Å². The van der Waals surface area contributed by atoms with Crippen LogP contribution in [0.1, 0.15) is 69.4 Å². The highest BCUT2D eigenvalue weighted by Crippen LogP contribution is 2.33. The second kappa shape index (κ2) is 9.06. The number of aromatic nitrogens is 2. The van der Waals surface area contributed by atoms with Crippen molar-refractivity contribution in [2.24, 2.45) is 0 Å². The number of ether oxygens (including phenoxy) is 2. The molecule has 0 spiro atoms. The van der Waals surface area contributed by atoms with E-state index in [0.717, 1.165) is 18.5 Å². The monoisotopic (exact) mass is 415 g/mol. The molecular weight excluding hydrogens is 382 g/mol. The fourth-order valence-electron chi connectivity index (χ4n) is 5.45. The number of nitrogens with zero attached hydrogens (tertiary/aromatic N) is 2. The van der Waals surface area contributed by atoms with Gasteiger partial charge in [-0.25, -0.2) is 14.8 Å². The molecule has 4 aliphatic rings. The molecular formula is C22H33N5O3. The van der Waals surface area contributed by atoms with Crippen molar-refractivity contribution in [1.82, 2.24) is 20.6 Å². The van der Waals surface area contributed by atoms with E-state index in [4.69, 9.17) is 14.5 Å². The number of hydrogen-bond acceptors (Lipinski definition) is 6. The molecule has 4 fully saturated rings. The quantitative estimate of drug-likeness (QED) is 0.684. The average Bonchev–Trinajstić information content (AvgIpc) is 3.50. The molecule has 2 saturated carbocycles. The molecule has 30 heavy (non-hydrogen) atoms. The summed E-state index contributed by atoms with van der Waals surface area (Å²) in [6.07, 6.45) is 12.4. The Morgan fingerprint density at radius 3 is 2.40 bits per heavy atom. The first-order valence-electron chi connectivity index (χ1n) is 11.7. The van der Waals surface area contributed by atoms with Crippen LogP contribution in [0.2, 0.25) is 0 Å². The Bertz CT molecular complexity index is 735. The van der Waals surface area contributed by atoms with Gasteiger partial charge in [0.25, 0.3) is 0 Å². The molecule has 2 aliphatic carbocycles. The van der Waals surface area contributed by atoms with Crippen molar-refractivity contribution in [3.05, 3.63) is 18.0 Å². The summed E-state index contributed by atoms with van der Waals surface area (Å²) in [5.41, 5.74) is 1.13. The Balaban J connectivity index is 1.15. The number of fused-ring (bicyclic) bond motifs is 1. The molecule has 2 amide bonds. The molecule has 8 heteroatoms. The van der Waals surface area contributed by atoms with Crippen LogP contribution >= 0.6 is 0 Å². The second-order valence-electron chi connectivity index (χ2n) is 9.19. The highest BCUT2D eigenvalue weighted by atomic mass is 16.6. The maximum absolute atomic E-state index is 12.4. The van der Waals surface area contributed by atoms with Gasteiger partial charge in [0.1, 0.15) is 12.2 Å². The van der Waals surface area contributed by atoms with Crippen molar-refractivity contribution >= 4 is 12.0 Å². The summed E-state index contributed by atoms with van der Waals surface area (Å²) in [5, 5.41) is 9.60. The summed E-state index contributed by atoms with van der Waals surface area (Å²) in [5.74, 6) is 1.20. The van der Waals surface area contributed by atoms with E-state index < -0.39 is 0 Å². The lowest BCUT2D eigenvalue weighted by Crippen LogP contribution is -2.51. The number of carbonyl (C=O) groups excluding carboxylic acids is 1. The fourth-order valence-corrected chi connectivity index (χ4v) is 5.45. The number of nitrogens with one attached hydrogen (secondary N) is 3. The van der Waals surface area contributed by atoms with E-state index >= 15 is 0 Å². The van der Waals surface area contributed by atoms with Crippen molar-refractivity contribution in [3.8, 4) is 0 Å². The van der Waals surface area contributed by atoms with E-state index in [1.807, 2.05) is 12.3 Å². The number of urea groups is 1. The highest BCUT2D eigenvalue weighted by Gasteiger charge is 2.48. The molecule has 8 nitrogen and oxygen atoms in total. The molecule has 2 saturated heterocycles. The summed E-state index contributed by atoms with van der Waals surface area (Å²) in [6.45, 7) is 0.989. The van der Waals surface area contributed by atoms with Crippen molar-refractivity contribution in [2.75, 3.05) is 18.5 Å². The van der Waals surface area contributed by atoms with Crippen molar-refractivity contribution < 1.29 is 14.3 Å². The lowest BCUT2D eigenvalue weighted by Gasteiger charge is -2.24. The van der Waals surface area contributed by atoms with Gasteiger partial charge in [0.05, 0.1) is 25.3 Å². The van der Waals surface area contributed by atoms with Crippen LogP contribution in [-0.2, 0) is 9.47 Å². The molecule has 1 aromatic rings. The van der Waals surface area contributed by atoms with Gasteiger partial charge in [0.15, 0.2) is 0 Å². The predicted octanol–water partition coefficient (Wildman–Crippen LogP) is 2.71. The van der Waals surface area contributed by atoms with Crippen LogP contribution in [0.15, 0.2) is 12.3 Å². The zero-order valence-electron chi connectivity index (χ0n) is 17.5. The normalized spacial score (nSPS) is 32.1. The molecule has 2 aliphatic heterocycles. The lowest BCUT2D eigenvalue weighted by atomic mass is 9.96. The number of amides is 2. The van der Waals surface area contributed by atoms with Gasteiger partial charge in [-0.05, 0) is 31.7 Å². The van der Waals surface area contributed by atoms with E-state index in [9.17, 15) is 4.79 Å². The molecule has 0 bridgehead atoms. The van der Waals surface area contributed by atoms with Gasteiger partial charge in [0.2, 0.25) is 5.95 Å². The van der Waals surface area contributed by atoms with Crippen LogP contribution in [0, 0.1) is 0 Å². The first-order valence-corrected chi connectivity index (χ1v) is 11.7. The van der Waals surface area contributed by atoms with Gasteiger partial charge >= 0.3 is 6.03 Å². The van der Waals surface area contributed by atoms with Crippen LogP contribution < -0.4 is 16.0 Å². The molecule has 164 valence electrons. The van der Waals surface area contributed by atoms with Gasteiger partial charge < -0.3 is 25.4 Å². The van der Waals surface area contributed by atoms with Gasteiger partial charge in [-0.15, -0.1) is 0 Å². The molecule has 4 atom stereocenters. The Labute approximate surface area is 177 Å². The van der Waals surface area contributed by atoms with Gasteiger partial charge in [-0.3, -0.25) is 0 Å². The largest absolute Gasteiger partial charge is 0.371 e. The maximum Gasteiger partial charge on any atom is 0.315 e. The van der Waals surface area contributed by atoms with Crippen molar-refractivity contribution in [2.45, 2.75) is 94.0 Å². The van der Waals surface area contributed by atoms with Crippen molar-refractivity contribution in [3.63, 3.8) is 0 Å². The molecule has 5 rings (SSSR count).